The molecule has 0 saturated carbocycles. The van der Waals surface area contributed by atoms with Crippen LogP contribution in [0.25, 0.3) is 0 Å². The molecule has 2 aromatic carbocycles. The molecule has 2 aromatic rings. The van der Waals surface area contributed by atoms with Gasteiger partial charge < -0.3 is 20.1 Å². The Morgan fingerprint density at radius 3 is 2.50 bits per heavy atom. The Morgan fingerprint density at radius 2 is 1.80 bits per heavy atom. The Bertz CT molecular complexity index is 584. The largest absolute Gasteiger partial charge is 0.497 e. The normalized spacial score (nSPS) is 10.2. The molecule has 2 N–H and O–H groups in total. The summed E-state index contributed by atoms with van der Waals surface area (Å²) in [5.41, 5.74) is 8.84. The fourth-order valence-electron chi connectivity index (χ4n) is 2.13. The first-order valence-electron chi connectivity index (χ1n) is 6.42. The topological polar surface area (TPSA) is 47.7 Å². The van der Waals surface area contributed by atoms with Crippen molar-refractivity contribution in [2.45, 2.75) is 6.54 Å². The Morgan fingerprint density at radius 1 is 1.05 bits per heavy atom. The molecule has 0 radical (unpaired) electrons. The number of rotatable bonds is 5. The summed E-state index contributed by atoms with van der Waals surface area (Å²) in [6, 6.07) is 13.6. The number of nitrogen functional groups attached to an aromatic ring is 1. The van der Waals surface area contributed by atoms with Crippen molar-refractivity contribution in [3.63, 3.8) is 0 Å². The summed E-state index contributed by atoms with van der Waals surface area (Å²) in [5.74, 6) is 1.65. The van der Waals surface area contributed by atoms with E-state index in [1.165, 1.54) is 0 Å². The maximum Gasteiger partial charge on any atom is 0.142 e. The predicted octanol–water partition coefficient (Wildman–Crippen LogP) is 2.92. The van der Waals surface area contributed by atoms with Gasteiger partial charge in [-0.3, -0.25) is 0 Å². The van der Waals surface area contributed by atoms with Gasteiger partial charge in [-0.25, -0.2) is 0 Å². The van der Waals surface area contributed by atoms with Gasteiger partial charge >= 0.3 is 0 Å². The van der Waals surface area contributed by atoms with E-state index in [4.69, 9.17) is 15.2 Å². The first-order chi connectivity index (χ1) is 9.65. The fraction of sp³-hybridized carbons (Fsp3) is 0.250. The summed E-state index contributed by atoms with van der Waals surface area (Å²) in [6.07, 6.45) is 0. The van der Waals surface area contributed by atoms with Crippen LogP contribution in [-0.2, 0) is 6.54 Å². The van der Waals surface area contributed by atoms with E-state index in [1.807, 2.05) is 49.5 Å². The quantitative estimate of drug-likeness (QED) is 0.850. The van der Waals surface area contributed by atoms with Crippen molar-refractivity contribution < 1.29 is 9.47 Å². The van der Waals surface area contributed by atoms with Gasteiger partial charge in [-0.15, -0.1) is 0 Å². The molecular weight excluding hydrogens is 252 g/mol. The number of methoxy groups -OCH3 is 2. The van der Waals surface area contributed by atoms with Crippen molar-refractivity contribution in [2.24, 2.45) is 0 Å². The summed E-state index contributed by atoms with van der Waals surface area (Å²) in [4.78, 5) is 2.10. The van der Waals surface area contributed by atoms with E-state index >= 15 is 0 Å². The number of ether oxygens (including phenoxy) is 2. The standard InChI is InChI=1S/C16H20N2O2/c1-18(15-6-4-5-7-16(15)20-3)11-12-10-13(19-2)8-9-14(12)17/h4-10H,11,17H2,1-3H3. The summed E-state index contributed by atoms with van der Waals surface area (Å²) in [7, 11) is 5.34. The number of nitrogens with zero attached hydrogens (tertiary/aromatic N) is 1. The van der Waals surface area contributed by atoms with Crippen LogP contribution < -0.4 is 20.1 Å². The SMILES string of the molecule is COc1ccc(N)c(CN(C)c2ccccc2OC)c1. The van der Waals surface area contributed by atoms with Gasteiger partial charge in [0, 0.05) is 19.3 Å². The van der Waals surface area contributed by atoms with Crippen LogP contribution >= 0.6 is 0 Å². The average molecular weight is 272 g/mol. The first kappa shape index (κ1) is 14.1. The van der Waals surface area contributed by atoms with E-state index < -0.39 is 0 Å². The summed E-state index contributed by atoms with van der Waals surface area (Å²) in [5, 5.41) is 0. The number of hydrogen-bond acceptors (Lipinski definition) is 4. The van der Waals surface area contributed by atoms with E-state index in [1.54, 1.807) is 14.2 Å². The Labute approximate surface area is 119 Å². The third-order valence-electron chi connectivity index (χ3n) is 3.25. The Balaban J connectivity index is 2.25. The lowest BCUT2D eigenvalue weighted by molar-refractivity contribution is 0.413. The number of benzene rings is 2. The van der Waals surface area contributed by atoms with Crippen molar-refractivity contribution >= 4 is 11.4 Å². The van der Waals surface area contributed by atoms with Crippen molar-refractivity contribution in [3.05, 3.63) is 48.0 Å². The molecule has 0 fully saturated rings. The average Bonchev–Trinajstić information content (AvgIpc) is 2.49. The Kier molecular flexibility index (Phi) is 4.35. The number of anilines is 2. The van der Waals surface area contributed by atoms with E-state index in [2.05, 4.69) is 4.90 Å². The molecule has 0 bridgehead atoms. The summed E-state index contributed by atoms with van der Waals surface area (Å²) in [6.45, 7) is 0.684. The summed E-state index contributed by atoms with van der Waals surface area (Å²) < 4.78 is 10.6. The van der Waals surface area contributed by atoms with Gasteiger partial charge in [0.15, 0.2) is 0 Å². The molecule has 0 spiro atoms. The molecule has 106 valence electrons. The van der Waals surface area contributed by atoms with Crippen LogP contribution in [0.15, 0.2) is 42.5 Å². The maximum atomic E-state index is 6.03. The van der Waals surface area contributed by atoms with Gasteiger partial charge in [-0.05, 0) is 35.9 Å². The van der Waals surface area contributed by atoms with Crippen molar-refractivity contribution in [2.75, 3.05) is 31.9 Å². The van der Waals surface area contributed by atoms with Gasteiger partial charge in [-0.2, -0.15) is 0 Å². The highest BCUT2D eigenvalue weighted by Crippen LogP contribution is 2.29. The maximum absolute atomic E-state index is 6.03. The Hall–Kier alpha value is -2.36. The van der Waals surface area contributed by atoms with Crippen LogP contribution in [0.4, 0.5) is 11.4 Å². The molecule has 0 aliphatic carbocycles. The van der Waals surface area contributed by atoms with E-state index in [0.29, 0.717) is 6.54 Å². The zero-order chi connectivity index (χ0) is 14.5. The lowest BCUT2D eigenvalue weighted by atomic mass is 10.1. The molecule has 0 aliphatic heterocycles. The molecule has 4 nitrogen and oxygen atoms in total. The van der Waals surface area contributed by atoms with Crippen LogP contribution in [0.3, 0.4) is 0 Å². The van der Waals surface area contributed by atoms with Crippen LogP contribution in [0.5, 0.6) is 11.5 Å². The van der Waals surface area contributed by atoms with Crippen molar-refractivity contribution in [1.29, 1.82) is 0 Å². The minimum Gasteiger partial charge on any atom is -0.497 e. The number of hydrogen-bond donors (Lipinski definition) is 1. The van der Waals surface area contributed by atoms with Crippen LogP contribution in [0, 0.1) is 0 Å². The monoisotopic (exact) mass is 272 g/mol. The number of para-hydroxylation sites is 2. The molecule has 4 heteroatoms. The third-order valence-corrected chi connectivity index (χ3v) is 3.25. The molecular formula is C16H20N2O2. The minimum absolute atomic E-state index is 0.684. The van der Waals surface area contributed by atoms with Gasteiger partial charge in [-0.1, -0.05) is 12.1 Å². The second-order valence-electron chi connectivity index (χ2n) is 4.59. The zero-order valence-electron chi connectivity index (χ0n) is 12.1. The lowest BCUT2D eigenvalue weighted by Gasteiger charge is -2.22. The smallest absolute Gasteiger partial charge is 0.142 e. The minimum atomic E-state index is 0.684. The second kappa shape index (κ2) is 6.19. The van der Waals surface area contributed by atoms with Gasteiger partial charge in [0.1, 0.15) is 11.5 Å². The highest BCUT2D eigenvalue weighted by Gasteiger charge is 2.10. The molecule has 0 saturated heterocycles. The molecule has 20 heavy (non-hydrogen) atoms. The van der Waals surface area contributed by atoms with Gasteiger partial charge in [0.25, 0.3) is 0 Å². The molecule has 0 aliphatic rings. The fourth-order valence-corrected chi connectivity index (χ4v) is 2.13. The number of nitrogens with two attached hydrogens (primary N) is 1. The highest BCUT2D eigenvalue weighted by atomic mass is 16.5. The highest BCUT2D eigenvalue weighted by molar-refractivity contribution is 5.60. The second-order valence-corrected chi connectivity index (χ2v) is 4.59. The van der Waals surface area contributed by atoms with E-state index in [9.17, 15) is 0 Å². The van der Waals surface area contributed by atoms with Crippen molar-refractivity contribution in [3.8, 4) is 11.5 Å². The molecule has 0 heterocycles. The lowest BCUT2D eigenvalue weighted by Crippen LogP contribution is -2.18. The van der Waals surface area contributed by atoms with Crippen LogP contribution in [-0.4, -0.2) is 21.3 Å². The molecule has 0 aromatic heterocycles. The van der Waals surface area contributed by atoms with E-state index in [0.717, 1.165) is 28.4 Å². The van der Waals surface area contributed by atoms with Crippen molar-refractivity contribution in [1.82, 2.24) is 0 Å². The zero-order valence-corrected chi connectivity index (χ0v) is 12.1. The predicted molar refractivity (Wildman–Crippen MR) is 82.5 cm³/mol. The summed E-state index contributed by atoms with van der Waals surface area (Å²) >= 11 is 0. The van der Waals surface area contributed by atoms with Gasteiger partial charge in [0.05, 0.1) is 19.9 Å². The van der Waals surface area contributed by atoms with Crippen LogP contribution in [0.2, 0.25) is 0 Å². The van der Waals surface area contributed by atoms with Gasteiger partial charge in [0.2, 0.25) is 0 Å². The van der Waals surface area contributed by atoms with E-state index in [-0.39, 0.29) is 0 Å². The molecule has 0 amide bonds. The third kappa shape index (κ3) is 2.96. The molecule has 0 unspecified atom stereocenters. The first-order valence-corrected chi connectivity index (χ1v) is 6.42. The molecule has 0 atom stereocenters. The molecule has 2 rings (SSSR count). The van der Waals surface area contributed by atoms with Crippen LogP contribution in [0.1, 0.15) is 5.56 Å².